The first-order valence-corrected chi connectivity index (χ1v) is 19.5. The number of esters is 3. The van der Waals surface area contributed by atoms with E-state index in [-0.39, 0.29) is 91.7 Å². The fraction of sp³-hybridized carbons (Fsp3) is 0.900. The molecule has 0 aromatic rings. The molecule has 14 nitrogen and oxygen atoms in total. The number of carbonyl (C=O) groups is 4. The van der Waals surface area contributed by atoms with Gasteiger partial charge in [-0.05, 0) is 82.8 Å². The number of hydrogen-bond acceptors (Lipinski definition) is 14. The molecular formula is C40H68N2O12V. The van der Waals surface area contributed by atoms with Crippen LogP contribution in [0.5, 0.6) is 0 Å². The molecule has 1 spiro atoms. The number of ether oxygens (including phenoxy) is 8. The average Bonchev–Trinajstić information content (AvgIpc) is 3.05. The van der Waals surface area contributed by atoms with Crippen molar-refractivity contribution in [1.29, 1.82) is 0 Å². The number of Topliss-reactive ketones (excluding diaryl/α,β-unsaturated/α-hetero) is 1. The molecule has 0 saturated carbocycles. The van der Waals surface area contributed by atoms with E-state index >= 15 is 0 Å². The van der Waals surface area contributed by atoms with Crippen molar-refractivity contribution in [2.24, 2.45) is 17.3 Å². The summed E-state index contributed by atoms with van der Waals surface area (Å²) in [5, 5.41) is 0. The zero-order chi connectivity index (χ0) is 40.3. The normalized spacial score (nSPS) is 29.4. The molecule has 315 valence electrons. The van der Waals surface area contributed by atoms with Crippen molar-refractivity contribution in [3.8, 4) is 0 Å². The van der Waals surface area contributed by atoms with Gasteiger partial charge in [0.1, 0.15) is 24.6 Å². The van der Waals surface area contributed by atoms with Crippen LogP contribution in [0.4, 0.5) is 0 Å². The SMILES string of the molecule is COCC1OCC2(CO1)COC(COC(=O)CC(CC(CC(C)=O)C(=O)OC1CC(C)(C)N(C)C(C)(C)C1)C(=O)OC1CC(C)(C)N(C)C(C)(C)C1)OC2.[V]. The number of methoxy groups -OCH3 is 1. The summed E-state index contributed by atoms with van der Waals surface area (Å²) >= 11 is 0. The molecular weight excluding hydrogens is 751 g/mol. The summed E-state index contributed by atoms with van der Waals surface area (Å²) in [4.78, 5) is 58.5. The zero-order valence-electron chi connectivity index (χ0n) is 35.4. The Hall–Kier alpha value is -1.62. The second kappa shape index (κ2) is 19.0. The molecule has 4 fully saturated rings. The van der Waals surface area contributed by atoms with Gasteiger partial charge in [0.25, 0.3) is 0 Å². The Kier molecular flexibility index (Phi) is 16.5. The van der Waals surface area contributed by atoms with Crippen LogP contribution in [0.25, 0.3) is 0 Å². The Morgan fingerprint density at radius 1 is 0.636 bits per heavy atom. The van der Waals surface area contributed by atoms with Gasteiger partial charge < -0.3 is 42.7 Å². The Labute approximate surface area is 340 Å². The van der Waals surface area contributed by atoms with Gasteiger partial charge in [0.15, 0.2) is 12.6 Å². The molecule has 0 N–H and O–H groups in total. The van der Waals surface area contributed by atoms with Crippen molar-refractivity contribution in [1.82, 2.24) is 9.80 Å². The summed E-state index contributed by atoms with van der Waals surface area (Å²) < 4.78 is 46.2. The molecule has 2 atom stereocenters. The molecule has 0 bridgehead atoms. The summed E-state index contributed by atoms with van der Waals surface area (Å²) in [6.07, 6.45) is -0.200. The van der Waals surface area contributed by atoms with E-state index in [0.717, 1.165) is 0 Å². The van der Waals surface area contributed by atoms with Crippen LogP contribution in [-0.2, 0) is 75.6 Å². The molecule has 15 heteroatoms. The number of rotatable bonds is 14. The van der Waals surface area contributed by atoms with Gasteiger partial charge in [-0.3, -0.25) is 24.2 Å². The molecule has 2 unspecified atom stereocenters. The van der Waals surface area contributed by atoms with Gasteiger partial charge in [0, 0.05) is 79.9 Å². The Bertz CT molecular complexity index is 1280. The van der Waals surface area contributed by atoms with Crippen LogP contribution in [0.2, 0.25) is 0 Å². The van der Waals surface area contributed by atoms with Crippen LogP contribution < -0.4 is 0 Å². The predicted octanol–water partition coefficient (Wildman–Crippen LogP) is 4.29. The first-order valence-electron chi connectivity index (χ1n) is 19.5. The minimum Gasteiger partial charge on any atom is -0.462 e. The number of nitrogens with zero attached hydrogens (tertiary/aromatic N) is 2. The monoisotopic (exact) mass is 819 g/mol. The van der Waals surface area contributed by atoms with Crippen molar-refractivity contribution >= 4 is 23.7 Å². The topological polar surface area (TPSA) is 149 Å². The van der Waals surface area contributed by atoms with Crippen molar-refractivity contribution < 1.29 is 75.6 Å². The summed E-state index contributed by atoms with van der Waals surface area (Å²) in [6.45, 7) is 19.8. The molecule has 4 saturated heterocycles. The first kappa shape index (κ1) is 47.8. The second-order valence-corrected chi connectivity index (χ2v) is 18.8. The average molecular weight is 820 g/mol. The molecule has 0 aromatic heterocycles. The second-order valence-electron chi connectivity index (χ2n) is 18.8. The van der Waals surface area contributed by atoms with Crippen molar-refractivity contribution in [2.75, 3.05) is 60.8 Å². The van der Waals surface area contributed by atoms with Crippen molar-refractivity contribution in [2.45, 2.75) is 154 Å². The van der Waals surface area contributed by atoms with Crippen LogP contribution in [0.15, 0.2) is 0 Å². The van der Waals surface area contributed by atoms with E-state index in [4.69, 9.17) is 37.9 Å². The fourth-order valence-electron chi connectivity index (χ4n) is 8.64. The molecule has 0 aliphatic carbocycles. The number of hydrogen-bond donors (Lipinski definition) is 0. The smallest absolute Gasteiger partial charge is 0.309 e. The quantitative estimate of drug-likeness (QED) is 0.181. The zero-order valence-corrected chi connectivity index (χ0v) is 36.8. The van der Waals surface area contributed by atoms with Gasteiger partial charge in [-0.1, -0.05) is 0 Å². The maximum Gasteiger partial charge on any atom is 0.309 e. The third-order valence-electron chi connectivity index (χ3n) is 12.3. The first-order chi connectivity index (χ1) is 25.0. The van der Waals surface area contributed by atoms with Crippen LogP contribution in [0.1, 0.15) is 107 Å². The van der Waals surface area contributed by atoms with Crippen LogP contribution in [0, 0.1) is 17.3 Å². The maximum absolute atomic E-state index is 14.1. The fourth-order valence-corrected chi connectivity index (χ4v) is 8.64. The summed E-state index contributed by atoms with van der Waals surface area (Å²) in [7, 11) is 5.71. The van der Waals surface area contributed by atoms with E-state index in [1.54, 1.807) is 7.11 Å². The largest absolute Gasteiger partial charge is 0.462 e. The van der Waals surface area contributed by atoms with Gasteiger partial charge >= 0.3 is 17.9 Å². The van der Waals surface area contributed by atoms with Crippen LogP contribution in [0.3, 0.4) is 0 Å². The van der Waals surface area contributed by atoms with E-state index < -0.39 is 53.8 Å². The number of likely N-dealkylation sites (tertiary alicyclic amines) is 2. The van der Waals surface area contributed by atoms with E-state index in [0.29, 0.717) is 45.5 Å². The third kappa shape index (κ3) is 12.7. The standard InChI is InChI=1S/C40H68N2O12.V/c1-26(43)13-27(34(45)53-29-16-36(2,3)41(10)37(4,5)17-29)14-28(35(46)54-30-18-38(6,7)42(11)39(8,9)19-30)15-31(44)48-21-33-51-24-40(25-52-33)22-49-32(20-47-12)50-23-40;/h27-30,32-33H,13-25H2,1-12H3;. The van der Waals surface area contributed by atoms with E-state index in [1.807, 2.05) is 0 Å². The van der Waals surface area contributed by atoms with Gasteiger partial charge in [-0.25, -0.2) is 0 Å². The third-order valence-corrected chi connectivity index (χ3v) is 12.3. The summed E-state index contributed by atoms with van der Waals surface area (Å²) in [6, 6.07) is 0. The summed E-state index contributed by atoms with van der Waals surface area (Å²) in [5.41, 5.74) is -1.44. The minimum atomic E-state index is -1.06. The van der Waals surface area contributed by atoms with Crippen molar-refractivity contribution in [3.63, 3.8) is 0 Å². The van der Waals surface area contributed by atoms with Gasteiger partial charge in [-0.2, -0.15) is 0 Å². The Morgan fingerprint density at radius 2 is 1.00 bits per heavy atom. The van der Waals surface area contributed by atoms with E-state index in [9.17, 15) is 19.2 Å². The van der Waals surface area contributed by atoms with Crippen LogP contribution in [-0.4, -0.2) is 141 Å². The van der Waals surface area contributed by atoms with Gasteiger partial charge in [-0.15, -0.1) is 0 Å². The van der Waals surface area contributed by atoms with E-state index in [1.165, 1.54) is 6.92 Å². The molecule has 4 aliphatic rings. The Morgan fingerprint density at radius 3 is 1.36 bits per heavy atom. The van der Waals surface area contributed by atoms with Gasteiger partial charge in [0.05, 0.1) is 56.7 Å². The molecule has 1 radical (unpaired) electrons. The molecule has 0 aromatic carbocycles. The molecule has 55 heavy (non-hydrogen) atoms. The minimum absolute atomic E-state index is 0. The number of piperidine rings is 2. The number of carbonyl (C=O) groups excluding carboxylic acids is 4. The van der Waals surface area contributed by atoms with Crippen molar-refractivity contribution in [3.05, 3.63) is 0 Å². The molecule has 4 rings (SSSR count). The van der Waals surface area contributed by atoms with Crippen LogP contribution >= 0.6 is 0 Å². The molecule has 4 heterocycles. The van der Waals surface area contributed by atoms with E-state index in [2.05, 4.69) is 79.3 Å². The molecule has 0 amide bonds. The maximum atomic E-state index is 14.1. The number of ketones is 1. The Balaban J connectivity index is 0.00000812. The summed E-state index contributed by atoms with van der Waals surface area (Å²) in [5.74, 6) is -4.06. The molecule has 4 aliphatic heterocycles. The van der Waals surface area contributed by atoms with Gasteiger partial charge in [0.2, 0.25) is 0 Å². The predicted molar refractivity (Wildman–Crippen MR) is 198 cm³/mol.